The van der Waals surface area contributed by atoms with Crippen molar-refractivity contribution >= 4 is 18.0 Å². The Kier molecular flexibility index (Phi) is 35.6. The van der Waals surface area contributed by atoms with Crippen molar-refractivity contribution in [3.63, 3.8) is 0 Å². The highest BCUT2D eigenvalue weighted by atomic mass is 16.5. The Bertz CT molecular complexity index is 5550. The number of H-pyrrole nitrogens is 3. The molecule has 0 saturated carbocycles. The summed E-state index contributed by atoms with van der Waals surface area (Å²) in [5.74, 6) is 5.33. The lowest BCUT2D eigenvalue weighted by molar-refractivity contribution is 0.0373. The molecule has 23 heteroatoms. The number of pyridine rings is 4. The van der Waals surface area contributed by atoms with Gasteiger partial charge in [0, 0.05) is 121 Å². The number of ether oxygens (including phenoxy) is 3. The molecule has 4 aliphatic rings. The van der Waals surface area contributed by atoms with E-state index in [0.717, 1.165) is 131 Å². The zero-order valence-corrected chi connectivity index (χ0v) is 81.5. The number of morpholine rings is 1. The number of nitrogens with one attached hydrogen (secondary N) is 3. The van der Waals surface area contributed by atoms with E-state index >= 15 is 0 Å². The van der Waals surface area contributed by atoms with E-state index in [9.17, 15) is 4.79 Å². The lowest BCUT2D eigenvalue weighted by Crippen LogP contribution is -2.36. The first-order valence-corrected chi connectivity index (χ1v) is 44.4. The normalized spacial score (nSPS) is 14.0. The lowest BCUT2D eigenvalue weighted by Gasteiger charge is -2.26. The summed E-state index contributed by atoms with van der Waals surface area (Å²) in [5.41, 5.74) is 22.8. The first-order chi connectivity index (χ1) is 60.4. The zero-order chi connectivity index (χ0) is 94.5. The molecule has 0 atom stereocenters. The van der Waals surface area contributed by atoms with Crippen LogP contribution in [0.15, 0.2) is 240 Å². The summed E-state index contributed by atoms with van der Waals surface area (Å²) in [6.07, 6.45) is 20.8. The molecule has 12 aromatic rings. The number of aryl methyl sites for hydroxylation is 4. The Morgan fingerprint density at radius 1 is 0.438 bits per heavy atom. The highest BCUT2D eigenvalue weighted by Crippen LogP contribution is 2.34. The molecule has 130 heavy (non-hydrogen) atoms. The van der Waals surface area contributed by atoms with Gasteiger partial charge in [-0.2, -0.15) is 15.4 Å². The molecule has 16 rings (SSSR count). The quantitative estimate of drug-likeness (QED) is 0.108. The summed E-state index contributed by atoms with van der Waals surface area (Å²) in [5, 5.41) is 29.0. The number of aliphatic imine (C=N–C) groups is 3. The molecular formula is C107H142N16O7. The molecule has 0 radical (unpaired) electrons. The number of rotatable bonds is 11. The minimum Gasteiger partial charge on any atom is -0.442 e. The topological polar surface area (TPSA) is 288 Å². The van der Waals surface area contributed by atoms with E-state index in [0.29, 0.717) is 53.6 Å². The Morgan fingerprint density at radius 3 is 1.28 bits per heavy atom. The Hall–Kier alpha value is -12.2. The monoisotopic (exact) mass is 1760 g/mol. The Labute approximate surface area is 772 Å². The number of aromatic amines is 3. The van der Waals surface area contributed by atoms with E-state index in [1.165, 1.54) is 50.6 Å². The maximum absolute atomic E-state index is 11.0. The summed E-state index contributed by atoms with van der Waals surface area (Å²) >= 11 is 0. The number of aromatic nitrogens is 12. The van der Waals surface area contributed by atoms with Crippen molar-refractivity contribution in [1.29, 1.82) is 0 Å². The highest BCUT2D eigenvalue weighted by Gasteiger charge is 2.25. The minimum absolute atomic E-state index is 0. The fourth-order valence-electron chi connectivity index (χ4n) is 13.0. The molecule has 3 N–H and O–H groups in total. The number of nitrogens with zero attached hydrogens (tertiary/aromatic N) is 13. The van der Waals surface area contributed by atoms with Gasteiger partial charge in [0.25, 0.3) is 5.56 Å². The van der Waals surface area contributed by atoms with Crippen LogP contribution in [-0.2, 0) is 58.5 Å². The smallest absolute Gasteiger partial charge is 0.280 e. The number of hydrogen-bond acceptors (Lipinski definition) is 20. The van der Waals surface area contributed by atoms with Crippen LogP contribution < -0.4 is 5.56 Å². The third-order valence-corrected chi connectivity index (χ3v) is 21.3. The van der Waals surface area contributed by atoms with Crippen LogP contribution in [0.2, 0.25) is 0 Å². The van der Waals surface area contributed by atoms with Crippen LogP contribution in [0.3, 0.4) is 0 Å². The first kappa shape index (κ1) is 103. The van der Waals surface area contributed by atoms with Gasteiger partial charge < -0.3 is 27.7 Å². The third-order valence-electron chi connectivity index (χ3n) is 21.3. The van der Waals surface area contributed by atoms with Crippen molar-refractivity contribution in [2.45, 2.75) is 245 Å². The molecule has 0 bridgehead atoms. The largest absolute Gasteiger partial charge is 0.442 e. The maximum Gasteiger partial charge on any atom is 0.280 e. The molecule has 23 nitrogen and oxygen atoms in total. The molecule has 13 heterocycles. The van der Waals surface area contributed by atoms with Gasteiger partial charge >= 0.3 is 0 Å². The van der Waals surface area contributed by atoms with E-state index in [1.807, 2.05) is 100 Å². The third kappa shape index (κ3) is 32.2. The van der Waals surface area contributed by atoms with Gasteiger partial charge in [0.05, 0.1) is 54.0 Å². The summed E-state index contributed by atoms with van der Waals surface area (Å²) in [4.78, 5) is 43.2. The van der Waals surface area contributed by atoms with Gasteiger partial charge in [0.1, 0.15) is 24.6 Å². The molecule has 0 amide bonds. The minimum atomic E-state index is -0.212. The predicted molar refractivity (Wildman–Crippen MR) is 530 cm³/mol. The van der Waals surface area contributed by atoms with Crippen molar-refractivity contribution in [3.8, 4) is 56.6 Å². The fraction of sp³-hybridized carbons (Fsp3) is 0.430. The van der Waals surface area contributed by atoms with E-state index in [1.54, 1.807) is 18.6 Å². The van der Waals surface area contributed by atoms with Crippen LogP contribution in [-0.4, -0.2) is 136 Å². The molecule has 692 valence electrons. The fourth-order valence-corrected chi connectivity index (χ4v) is 13.0. The first-order valence-electron chi connectivity index (χ1n) is 44.4. The van der Waals surface area contributed by atoms with Crippen LogP contribution in [0.5, 0.6) is 0 Å². The highest BCUT2D eigenvalue weighted by molar-refractivity contribution is 5.96. The number of benzene rings is 3. The molecule has 9 aromatic heterocycles. The SMILES string of the molecule is C.C=C1CN=C(c2cccc(C(C)(C)C)c2)O1.C=C1CN=C(c2cncc(C(C)(C)C)c2)O1.CC(C)(C)C1=CCN=C1.CC(C)(C)c1cccc(-c2cc(=O)[nH]o2)c1.CC(C)(C)c1cncc(-c2nnc(CCCN3CCOCC3)o2)c1.Cc1cc(-c2cccc(C(C)(C)C)c2)n[nH]1.Cc1cc(-c2cncc(C(C)(C)C)c2)n[nH]1.Cc1cc(-c2cncc(C(C)(C)C)c2)on1. The molecule has 1 fully saturated rings. The van der Waals surface area contributed by atoms with Crippen LogP contribution in [0, 0.1) is 26.2 Å². The van der Waals surface area contributed by atoms with E-state index in [2.05, 4.69) is 339 Å². The second kappa shape index (κ2) is 44.9. The molecule has 4 aliphatic heterocycles. The van der Waals surface area contributed by atoms with Gasteiger partial charge in [0.2, 0.25) is 23.6 Å². The average molecular weight is 1760 g/mol. The van der Waals surface area contributed by atoms with Gasteiger partial charge in [-0.3, -0.25) is 44.8 Å². The summed E-state index contributed by atoms with van der Waals surface area (Å²) in [6, 6.07) is 40.9. The second-order valence-electron chi connectivity index (χ2n) is 41.1. The molecule has 0 aliphatic carbocycles. The van der Waals surface area contributed by atoms with Crippen molar-refractivity contribution < 1.29 is 27.7 Å². The van der Waals surface area contributed by atoms with Crippen molar-refractivity contribution in [2.24, 2.45) is 20.4 Å². The van der Waals surface area contributed by atoms with Crippen LogP contribution in [0.25, 0.3) is 56.6 Å². The van der Waals surface area contributed by atoms with Crippen molar-refractivity contribution in [1.82, 2.24) is 65.7 Å². The molecule has 3 aromatic carbocycles. The van der Waals surface area contributed by atoms with E-state index in [-0.39, 0.29) is 50.9 Å². The molecular weight excluding hydrogens is 1620 g/mol. The predicted octanol–water partition coefficient (Wildman–Crippen LogP) is 24.4. The van der Waals surface area contributed by atoms with Gasteiger partial charge in [-0.1, -0.05) is 247 Å². The van der Waals surface area contributed by atoms with Crippen LogP contribution in [0.1, 0.15) is 253 Å². The summed E-state index contributed by atoms with van der Waals surface area (Å²) in [7, 11) is 0. The second-order valence-corrected chi connectivity index (χ2v) is 41.1. The van der Waals surface area contributed by atoms with Crippen LogP contribution in [0.4, 0.5) is 0 Å². The van der Waals surface area contributed by atoms with Gasteiger partial charge in [-0.25, -0.2) is 9.98 Å². The zero-order valence-electron chi connectivity index (χ0n) is 81.5. The summed E-state index contributed by atoms with van der Waals surface area (Å²) in [6.45, 7) is 72.5. The van der Waals surface area contributed by atoms with Crippen molar-refractivity contribution in [3.05, 3.63) is 291 Å². The van der Waals surface area contributed by atoms with E-state index in [4.69, 9.17) is 27.7 Å². The average Bonchev–Trinajstić information content (AvgIpc) is 1.60. The van der Waals surface area contributed by atoms with Gasteiger partial charge in [-0.05, 0) is 182 Å². The molecule has 1 saturated heterocycles. The van der Waals surface area contributed by atoms with Gasteiger partial charge in [0.15, 0.2) is 11.5 Å². The van der Waals surface area contributed by atoms with Crippen molar-refractivity contribution in [2.75, 3.05) is 52.5 Å². The van der Waals surface area contributed by atoms with Gasteiger partial charge in [-0.15, -0.1) is 10.2 Å². The number of allylic oxidation sites excluding steroid dienone is 1. The summed E-state index contributed by atoms with van der Waals surface area (Å²) < 4.78 is 32.4. The Morgan fingerprint density at radius 2 is 0.862 bits per heavy atom. The van der Waals surface area contributed by atoms with Crippen LogP contribution >= 0.6 is 0 Å². The molecule has 0 unspecified atom stereocenters. The molecule has 0 spiro atoms. The maximum atomic E-state index is 11.0. The standard InChI is InChI=1S/C18H26N4O2.C14H18N2.C14H17NO.C13H17N3.2C13H16N2O.C13H15NO2.C8H13N.CH4/c1-18(2,3)15-11-14(12-19-13-15)17-21-20-16(24-17)5-4-6-22-7-9-23-10-8-22;1-10-8-13(16-15-10)11-6-5-7-12(9-11)14(2,3)4;1-10-9-15-13(16-10)11-6-5-7-12(8-11)14(2,3)4;1-9-5-12(16-15-9)10-6-11(8-14-7-10)13(2,3)4;1-9-6-15-12(16-9)10-5-11(8-14-7-10)13(2,3)4;1-9-5-12(16-15-9)10-6-11(8-14-7-10)13(2,3)4;1-13(2,3)10-6-4-5-9(7-10)11-8-12(15)14-16-11;1-8(2,3)7-4-5-9-6-7;/h11-13H,4-10H2,1-3H3;5-9H,1-4H3,(H,15,16);5-8H,1,9H2,2-4H3;5-8H,1-4H3,(H,15,16);5,7-8H,1,6H2,2-4H3;5-8H,1-4H3;4-8H,1-3H3,(H,14,15);4,6H,5H2,1-3H3;1H4. The van der Waals surface area contributed by atoms with E-state index < -0.39 is 0 Å². The lowest BCUT2D eigenvalue weighted by atomic mass is 9.86. The number of hydrogen-bond donors (Lipinski definition) is 3. The Balaban J connectivity index is 0.000000185.